The molecule has 1 atom stereocenters. The van der Waals surface area contributed by atoms with Gasteiger partial charge in [-0.15, -0.1) is 0 Å². The number of nitrogens with zero attached hydrogens (tertiary/aromatic N) is 1. The standard InChI is InChI=1S/C12H26N2O/c1-4-8-14(10-12(2,3)15)11-6-5-7-13-9-11/h11,13,15H,4-10H2,1-3H3. The van der Waals surface area contributed by atoms with Crippen LogP contribution < -0.4 is 5.32 Å². The molecule has 1 rings (SSSR count). The van der Waals surface area contributed by atoms with Gasteiger partial charge in [-0.2, -0.15) is 0 Å². The highest BCUT2D eigenvalue weighted by molar-refractivity contribution is 4.82. The third-order valence-electron chi connectivity index (χ3n) is 2.89. The maximum absolute atomic E-state index is 9.88. The molecule has 1 fully saturated rings. The molecule has 1 saturated heterocycles. The van der Waals surface area contributed by atoms with Gasteiger partial charge in [-0.1, -0.05) is 6.92 Å². The molecule has 0 radical (unpaired) electrons. The van der Waals surface area contributed by atoms with Crippen molar-refractivity contribution in [3.63, 3.8) is 0 Å². The summed E-state index contributed by atoms with van der Waals surface area (Å²) in [5, 5.41) is 13.3. The fraction of sp³-hybridized carbons (Fsp3) is 1.00. The summed E-state index contributed by atoms with van der Waals surface area (Å²) in [7, 11) is 0. The first-order valence-corrected chi connectivity index (χ1v) is 6.20. The number of hydrogen-bond donors (Lipinski definition) is 2. The van der Waals surface area contributed by atoms with Crippen LogP contribution in [0.2, 0.25) is 0 Å². The van der Waals surface area contributed by atoms with E-state index in [1.165, 1.54) is 12.8 Å². The Hall–Kier alpha value is -0.120. The lowest BCUT2D eigenvalue weighted by Gasteiger charge is -2.37. The molecule has 0 aliphatic carbocycles. The second kappa shape index (κ2) is 5.83. The largest absolute Gasteiger partial charge is 0.389 e. The van der Waals surface area contributed by atoms with E-state index >= 15 is 0 Å². The maximum atomic E-state index is 9.88. The van der Waals surface area contributed by atoms with Crippen molar-refractivity contribution in [3.8, 4) is 0 Å². The molecule has 3 nitrogen and oxygen atoms in total. The van der Waals surface area contributed by atoms with Crippen LogP contribution in [0.15, 0.2) is 0 Å². The molecule has 0 aromatic rings. The van der Waals surface area contributed by atoms with E-state index in [1.54, 1.807) is 0 Å². The summed E-state index contributed by atoms with van der Waals surface area (Å²) in [4.78, 5) is 2.44. The molecule has 0 aromatic carbocycles. The van der Waals surface area contributed by atoms with Gasteiger partial charge >= 0.3 is 0 Å². The number of nitrogens with one attached hydrogen (secondary N) is 1. The summed E-state index contributed by atoms with van der Waals surface area (Å²) in [6, 6.07) is 0.616. The normalized spacial score (nSPS) is 23.4. The van der Waals surface area contributed by atoms with Gasteiger partial charge in [0.25, 0.3) is 0 Å². The quantitative estimate of drug-likeness (QED) is 0.722. The van der Waals surface area contributed by atoms with Crippen LogP contribution in [-0.2, 0) is 0 Å². The topological polar surface area (TPSA) is 35.5 Å². The van der Waals surface area contributed by atoms with Crippen LogP contribution in [0.4, 0.5) is 0 Å². The number of hydrogen-bond acceptors (Lipinski definition) is 3. The zero-order valence-electron chi connectivity index (χ0n) is 10.4. The Balaban J connectivity index is 2.47. The summed E-state index contributed by atoms with van der Waals surface area (Å²) >= 11 is 0. The Kier molecular flexibility index (Phi) is 5.03. The Morgan fingerprint density at radius 2 is 2.20 bits per heavy atom. The SMILES string of the molecule is CCCN(CC(C)(C)O)C1CCCNC1. The van der Waals surface area contributed by atoms with Gasteiger partial charge in [0.2, 0.25) is 0 Å². The first kappa shape index (κ1) is 12.9. The Labute approximate surface area is 93.9 Å². The van der Waals surface area contributed by atoms with E-state index < -0.39 is 5.60 Å². The van der Waals surface area contributed by atoms with Crippen LogP contribution in [0, 0.1) is 0 Å². The fourth-order valence-corrected chi connectivity index (χ4v) is 2.32. The summed E-state index contributed by atoms with van der Waals surface area (Å²) in [6.45, 7) is 10.1. The minimum absolute atomic E-state index is 0.577. The zero-order valence-corrected chi connectivity index (χ0v) is 10.4. The number of rotatable bonds is 5. The van der Waals surface area contributed by atoms with Crippen molar-refractivity contribution >= 4 is 0 Å². The van der Waals surface area contributed by atoms with Crippen LogP contribution in [0.25, 0.3) is 0 Å². The van der Waals surface area contributed by atoms with Crippen molar-refractivity contribution < 1.29 is 5.11 Å². The molecular formula is C12H26N2O. The van der Waals surface area contributed by atoms with Crippen molar-refractivity contribution in [2.75, 3.05) is 26.2 Å². The second-order valence-corrected chi connectivity index (χ2v) is 5.28. The van der Waals surface area contributed by atoms with Crippen molar-refractivity contribution in [2.24, 2.45) is 0 Å². The van der Waals surface area contributed by atoms with E-state index in [0.29, 0.717) is 6.04 Å². The van der Waals surface area contributed by atoms with Crippen LogP contribution in [0.1, 0.15) is 40.0 Å². The van der Waals surface area contributed by atoms with Crippen molar-refractivity contribution in [2.45, 2.75) is 51.7 Å². The smallest absolute Gasteiger partial charge is 0.0718 e. The van der Waals surface area contributed by atoms with Gasteiger partial charge < -0.3 is 10.4 Å². The Morgan fingerprint density at radius 1 is 1.47 bits per heavy atom. The minimum Gasteiger partial charge on any atom is -0.389 e. The minimum atomic E-state index is -0.577. The van der Waals surface area contributed by atoms with E-state index in [0.717, 1.165) is 32.6 Å². The summed E-state index contributed by atoms with van der Waals surface area (Å²) < 4.78 is 0. The lowest BCUT2D eigenvalue weighted by atomic mass is 10.0. The average Bonchev–Trinajstić information content (AvgIpc) is 2.17. The summed E-state index contributed by atoms with van der Waals surface area (Å²) in [5.74, 6) is 0. The van der Waals surface area contributed by atoms with E-state index in [2.05, 4.69) is 17.1 Å². The highest BCUT2D eigenvalue weighted by Crippen LogP contribution is 2.14. The molecule has 0 spiro atoms. The van der Waals surface area contributed by atoms with Gasteiger partial charge in [0, 0.05) is 19.1 Å². The Bertz CT molecular complexity index is 171. The van der Waals surface area contributed by atoms with E-state index in [9.17, 15) is 5.11 Å². The monoisotopic (exact) mass is 214 g/mol. The van der Waals surface area contributed by atoms with Crippen LogP contribution in [0.3, 0.4) is 0 Å². The molecule has 0 saturated carbocycles. The van der Waals surface area contributed by atoms with Gasteiger partial charge in [0.1, 0.15) is 0 Å². The van der Waals surface area contributed by atoms with Gasteiger partial charge in [-0.3, -0.25) is 4.90 Å². The third kappa shape index (κ3) is 4.96. The van der Waals surface area contributed by atoms with Crippen molar-refractivity contribution in [1.82, 2.24) is 10.2 Å². The van der Waals surface area contributed by atoms with E-state index in [-0.39, 0.29) is 0 Å². The summed E-state index contributed by atoms with van der Waals surface area (Å²) in [6.07, 6.45) is 3.69. The molecule has 2 N–H and O–H groups in total. The van der Waals surface area contributed by atoms with Crippen LogP contribution >= 0.6 is 0 Å². The predicted molar refractivity (Wildman–Crippen MR) is 64.1 cm³/mol. The zero-order chi connectivity index (χ0) is 11.3. The molecular weight excluding hydrogens is 188 g/mol. The first-order chi connectivity index (χ1) is 7.03. The molecule has 90 valence electrons. The maximum Gasteiger partial charge on any atom is 0.0718 e. The molecule has 1 unspecified atom stereocenters. The summed E-state index contributed by atoms with van der Waals surface area (Å²) in [5.41, 5.74) is -0.577. The van der Waals surface area contributed by atoms with E-state index in [1.807, 2.05) is 13.8 Å². The van der Waals surface area contributed by atoms with Gasteiger partial charge in [0.15, 0.2) is 0 Å². The van der Waals surface area contributed by atoms with Crippen LogP contribution in [-0.4, -0.2) is 47.8 Å². The van der Waals surface area contributed by atoms with Crippen molar-refractivity contribution in [3.05, 3.63) is 0 Å². The predicted octanol–water partition coefficient (Wildman–Crippen LogP) is 1.22. The Morgan fingerprint density at radius 3 is 2.67 bits per heavy atom. The second-order valence-electron chi connectivity index (χ2n) is 5.28. The fourth-order valence-electron chi connectivity index (χ4n) is 2.32. The first-order valence-electron chi connectivity index (χ1n) is 6.20. The number of piperidine rings is 1. The lowest BCUT2D eigenvalue weighted by Crippen LogP contribution is -2.50. The lowest BCUT2D eigenvalue weighted by molar-refractivity contribution is 0.0163. The number of aliphatic hydroxyl groups is 1. The third-order valence-corrected chi connectivity index (χ3v) is 2.89. The highest BCUT2D eigenvalue weighted by Gasteiger charge is 2.25. The van der Waals surface area contributed by atoms with Gasteiger partial charge in [-0.05, 0) is 46.2 Å². The van der Waals surface area contributed by atoms with E-state index in [4.69, 9.17) is 0 Å². The molecule has 0 bridgehead atoms. The average molecular weight is 214 g/mol. The highest BCUT2D eigenvalue weighted by atomic mass is 16.3. The molecule has 15 heavy (non-hydrogen) atoms. The van der Waals surface area contributed by atoms with Gasteiger partial charge in [-0.25, -0.2) is 0 Å². The van der Waals surface area contributed by atoms with Crippen molar-refractivity contribution in [1.29, 1.82) is 0 Å². The molecule has 0 amide bonds. The molecule has 1 aliphatic heterocycles. The van der Waals surface area contributed by atoms with Gasteiger partial charge in [0.05, 0.1) is 5.60 Å². The molecule has 1 aliphatic rings. The van der Waals surface area contributed by atoms with Crippen LogP contribution in [0.5, 0.6) is 0 Å². The molecule has 3 heteroatoms. The molecule has 0 aromatic heterocycles. The molecule has 1 heterocycles.